The maximum Gasteiger partial charge on any atom is 0.226 e. The topological polar surface area (TPSA) is 74.2 Å². The zero-order valence-electron chi connectivity index (χ0n) is 11.9. The van der Waals surface area contributed by atoms with Crippen LogP contribution in [-0.4, -0.2) is 22.9 Å². The van der Waals surface area contributed by atoms with E-state index in [1.807, 2.05) is 13.8 Å². The molecule has 2 aromatic heterocycles. The van der Waals surface area contributed by atoms with Crippen LogP contribution < -0.4 is 5.73 Å². The van der Waals surface area contributed by atoms with E-state index < -0.39 is 0 Å². The molecule has 2 rings (SSSR count). The van der Waals surface area contributed by atoms with E-state index in [1.165, 1.54) is 4.88 Å². The summed E-state index contributed by atoms with van der Waals surface area (Å²) in [5.41, 5.74) is 5.95. The Morgan fingerprint density at radius 1 is 1.40 bits per heavy atom. The maximum absolute atomic E-state index is 5.95. The molecule has 20 heavy (non-hydrogen) atoms. The van der Waals surface area contributed by atoms with Gasteiger partial charge in [0.1, 0.15) is 0 Å². The molecule has 0 aliphatic rings. The lowest BCUT2D eigenvalue weighted by atomic mass is 10.2. The first-order valence-corrected chi connectivity index (χ1v) is 7.75. The average Bonchev–Trinajstić information content (AvgIpc) is 3.07. The van der Waals surface area contributed by atoms with Gasteiger partial charge in [-0.1, -0.05) is 11.2 Å². The van der Waals surface area contributed by atoms with Crippen LogP contribution in [-0.2, 0) is 17.6 Å². The van der Waals surface area contributed by atoms with E-state index in [0.29, 0.717) is 18.3 Å². The van der Waals surface area contributed by atoms with Gasteiger partial charge in [-0.3, -0.25) is 0 Å². The van der Waals surface area contributed by atoms with Crippen molar-refractivity contribution in [3.8, 4) is 0 Å². The quantitative estimate of drug-likeness (QED) is 0.810. The van der Waals surface area contributed by atoms with Gasteiger partial charge in [0.15, 0.2) is 5.82 Å². The molecular weight excluding hydrogens is 274 g/mol. The van der Waals surface area contributed by atoms with E-state index in [-0.39, 0.29) is 12.1 Å². The predicted octanol–water partition coefficient (Wildman–Crippen LogP) is 2.73. The highest BCUT2D eigenvalue weighted by molar-refractivity contribution is 7.09. The lowest BCUT2D eigenvalue weighted by Crippen LogP contribution is -2.20. The van der Waals surface area contributed by atoms with E-state index in [2.05, 4.69) is 27.7 Å². The first kappa shape index (κ1) is 15.2. The van der Waals surface area contributed by atoms with Crippen molar-refractivity contribution in [3.63, 3.8) is 0 Å². The molecule has 0 bridgehead atoms. The number of hydrogen-bond donors (Lipinski definition) is 1. The number of hydrogen-bond acceptors (Lipinski definition) is 6. The van der Waals surface area contributed by atoms with Gasteiger partial charge in [0.2, 0.25) is 5.89 Å². The molecule has 0 amide bonds. The molecule has 0 spiro atoms. The molecule has 2 heterocycles. The number of thiophene rings is 1. The van der Waals surface area contributed by atoms with Gasteiger partial charge < -0.3 is 15.0 Å². The third-order valence-corrected chi connectivity index (χ3v) is 3.75. The summed E-state index contributed by atoms with van der Waals surface area (Å²) in [7, 11) is 0. The molecule has 1 atom stereocenters. The molecular formula is C14H21N3O2S. The second-order valence-electron chi connectivity index (χ2n) is 4.97. The van der Waals surface area contributed by atoms with Gasteiger partial charge in [-0.2, -0.15) is 4.98 Å². The minimum Gasteiger partial charge on any atom is -0.377 e. The molecule has 0 radical (unpaired) electrons. The standard InChI is InChI=1S/C14H21N3O2S/c1-10(2)18-9-12(15)14-16-13(19-17-14)7-3-5-11-6-4-8-20-11/h4,6,8,10,12H,3,5,7,9,15H2,1-2H3. The monoisotopic (exact) mass is 295 g/mol. The summed E-state index contributed by atoms with van der Waals surface area (Å²) in [5.74, 6) is 1.17. The predicted molar refractivity (Wildman–Crippen MR) is 78.7 cm³/mol. The number of aryl methyl sites for hydroxylation is 2. The van der Waals surface area contributed by atoms with Crippen molar-refractivity contribution in [1.82, 2.24) is 10.1 Å². The summed E-state index contributed by atoms with van der Waals surface area (Å²) < 4.78 is 10.7. The van der Waals surface area contributed by atoms with Gasteiger partial charge in [0.25, 0.3) is 0 Å². The number of nitrogens with zero attached hydrogens (tertiary/aromatic N) is 2. The third-order valence-electron chi connectivity index (χ3n) is 2.82. The highest BCUT2D eigenvalue weighted by Gasteiger charge is 2.15. The Bertz CT molecular complexity index is 496. The molecule has 2 N–H and O–H groups in total. The number of ether oxygens (including phenoxy) is 1. The molecule has 0 saturated carbocycles. The van der Waals surface area contributed by atoms with E-state index >= 15 is 0 Å². The zero-order chi connectivity index (χ0) is 14.4. The molecule has 0 saturated heterocycles. The first-order valence-electron chi connectivity index (χ1n) is 6.87. The molecule has 2 aromatic rings. The molecule has 0 aliphatic carbocycles. The van der Waals surface area contributed by atoms with Gasteiger partial charge in [-0.05, 0) is 38.1 Å². The van der Waals surface area contributed by atoms with Crippen molar-refractivity contribution in [2.75, 3.05) is 6.61 Å². The number of rotatable bonds is 8. The second-order valence-corrected chi connectivity index (χ2v) is 6.00. The summed E-state index contributed by atoms with van der Waals surface area (Å²) in [6, 6.07) is 3.88. The fourth-order valence-electron chi connectivity index (χ4n) is 1.76. The second kappa shape index (κ2) is 7.52. The Balaban J connectivity index is 1.76. The fraction of sp³-hybridized carbons (Fsp3) is 0.571. The number of aromatic nitrogens is 2. The molecule has 1 unspecified atom stereocenters. The normalized spacial score (nSPS) is 13.0. The Kier molecular flexibility index (Phi) is 5.70. The molecule has 6 heteroatoms. The van der Waals surface area contributed by atoms with Crippen molar-refractivity contribution < 1.29 is 9.26 Å². The third kappa shape index (κ3) is 4.70. The van der Waals surface area contributed by atoms with E-state index in [0.717, 1.165) is 19.3 Å². The highest BCUT2D eigenvalue weighted by Crippen LogP contribution is 2.14. The average molecular weight is 295 g/mol. The summed E-state index contributed by atoms with van der Waals surface area (Å²) in [6.45, 7) is 4.35. The minimum absolute atomic E-state index is 0.151. The van der Waals surface area contributed by atoms with Crippen LogP contribution in [0.2, 0.25) is 0 Å². The molecule has 0 aliphatic heterocycles. The largest absolute Gasteiger partial charge is 0.377 e. The molecule has 0 aromatic carbocycles. The van der Waals surface area contributed by atoms with E-state index in [4.69, 9.17) is 15.0 Å². The summed E-state index contributed by atoms with van der Waals surface area (Å²) in [4.78, 5) is 5.71. The first-order chi connectivity index (χ1) is 9.65. The van der Waals surface area contributed by atoms with Crippen LogP contribution in [0.5, 0.6) is 0 Å². The van der Waals surface area contributed by atoms with Crippen molar-refractivity contribution in [1.29, 1.82) is 0 Å². The van der Waals surface area contributed by atoms with Gasteiger partial charge in [-0.25, -0.2) is 0 Å². The van der Waals surface area contributed by atoms with Crippen molar-refractivity contribution >= 4 is 11.3 Å². The van der Waals surface area contributed by atoms with Crippen molar-refractivity contribution in [3.05, 3.63) is 34.1 Å². The Morgan fingerprint density at radius 3 is 2.95 bits per heavy atom. The van der Waals surface area contributed by atoms with Crippen LogP contribution >= 0.6 is 11.3 Å². The summed E-state index contributed by atoms with van der Waals surface area (Å²) >= 11 is 1.77. The van der Waals surface area contributed by atoms with Crippen LogP contribution in [0.1, 0.15) is 42.9 Å². The van der Waals surface area contributed by atoms with Crippen LogP contribution in [0, 0.1) is 0 Å². The van der Waals surface area contributed by atoms with Crippen LogP contribution in [0.4, 0.5) is 0 Å². The van der Waals surface area contributed by atoms with Crippen LogP contribution in [0.3, 0.4) is 0 Å². The smallest absolute Gasteiger partial charge is 0.226 e. The minimum atomic E-state index is -0.327. The van der Waals surface area contributed by atoms with Gasteiger partial charge in [0.05, 0.1) is 18.8 Å². The molecule has 5 nitrogen and oxygen atoms in total. The summed E-state index contributed by atoms with van der Waals surface area (Å²) in [5, 5.41) is 6.01. The van der Waals surface area contributed by atoms with Gasteiger partial charge in [-0.15, -0.1) is 11.3 Å². The fourth-order valence-corrected chi connectivity index (χ4v) is 2.51. The zero-order valence-corrected chi connectivity index (χ0v) is 12.7. The Hall–Kier alpha value is -1.24. The van der Waals surface area contributed by atoms with Crippen LogP contribution in [0.15, 0.2) is 22.0 Å². The molecule has 110 valence electrons. The van der Waals surface area contributed by atoms with Crippen molar-refractivity contribution in [2.45, 2.75) is 45.3 Å². The van der Waals surface area contributed by atoms with E-state index in [1.54, 1.807) is 11.3 Å². The SMILES string of the molecule is CC(C)OCC(N)c1noc(CCCc2cccs2)n1. The molecule has 0 fully saturated rings. The Morgan fingerprint density at radius 2 is 2.25 bits per heavy atom. The summed E-state index contributed by atoms with van der Waals surface area (Å²) in [6.07, 6.45) is 2.97. The Labute approximate surface area is 123 Å². The number of nitrogens with two attached hydrogens (primary N) is 1. The van der Waals surface area contributed by atoms with Crippen molar-refractivity contribution in [2.24, 2.45) is 5.73 Å². The van der Waals surface area contributed by atoms with Gasteiger partial charge in [0, 0.05) is 11.3 Å². The van der Waals surface area contributed by atoms with Crippen LogP contribution in [0.25, 0.3) is 0 Å². The lowest BCUT2D eigenvalue weighted by Gasteiger charge is -2.10. The van der Waals surface area contributed by atoms with Gasteiger partial charge >= 0.3 is 0 Å². The highest BCUT2D eigenvalue weighted by atomic mass is 32.1. The lowest BCUT2D eigenvalue weighted by molar-refractivity contribution is 0.0665. The maximum atomic E-state index is 5.95. The van der Waals surface area contributed by atoms with E-state index in [9.17, 15) is 0 Å².